The van der Waals surface area contributed by atoms with Crippen molar-refractivity contribution in [2.75, 3.05) is 72.7 Å². The fraction of sp³-hybridized carbons (Fsp3) is 0.947. The number of ether oxygens (including phenoxy) is 8. The standard InChI is InChI=1S/C57H111O10/c1-6-11-15-19-23-31-39-53(37-29-17-13-8-3)66-56(58)41-33-25-21-27-35-43-63-51-55(52-64-50-49-62-48-47-61-46-45-60-10-5)65-44-36-28-22-26-34-42-57(59)67-54(38-30-18-14-9-4)40-32-24-20-16-12-7-2/h53-55H,5-52H2,1-4H3. The molecule has 0 heterocycles. The minimum atomic E-state index is -0.139. The van der Waals surface area contributed by atoms with Crippen molar-refractivity contribution < 1.29 is 47.5 Å². The van der Waals surface area contributed by atoms with E-state index in [0.29, 0.717) is 85.5 Å². The second-order valence-corrected chi connectivity index (χ2v) is 19.1. The molecule has 0 spiro atoms. The maximum absolute atomic E-state index is 12.8. The summed E-state index contributed by atoms with van der Waals surface area (Å²) < 4.78 is 46.6. The number of rotatable bonds is 57. The first-order chi connectivity index (χ1) is 33.0. The molecule has 0 fully saturated rings. The molecule has 0 saturated heterocycles. The summed E-state index contributed by atoms with van der Waals surface area (Å²) in [4.78, 5) is 25.5. The van der Waals surface area contributed by atoms with Gasteiger partial charge in [0.2, 0.25) is 0 Å². The van der Waals surface area contributed by atoms with Crippen LogP contribution in [-0.4, -0.2) is 103 Å². The molecular formula is C57H111O10. The number of esters is 2. The van der Waals surface area contributed by atoms with Gasteiger partial charge < -0.3 is 37.9 Å². The van der Waals surface area contributed by atoms with Crippen LogP contribution >= 0.6 is 0 Å². The normalized spacial score (nSPS) is 13.0. The fourth-order valence-electron chi connectivity index (χ4n) is 8.31. The van der Waals surface area contributed by atoms with Gasteiger partial charge in [-0.25, -0.2) is 0 Å². The Bertz CT molecular complexity index is 982. The summed E-state index contributed by atoms with van der Waals surface area (Å²) in [6, 6.07) is 0. The summed E-state index contributed by atoms with van der Waals surface area (Å²) in [6.45, 7) is 18.5. The van der Waals surface area contributed by atoms with Crippen LogP contribution in [0.3, 0.4) is 0 Å². The zero-order valence-electron chi connectivity index (χ0n) is 44.8. The SMILES string of the molecule is [CH2]COCCOCCOCCOCC(COCCCCCCCC(=O)OC(CCCCCC)CCCCCCCC)OCCCCCCCC(=O)OC(CCCCCC)CCCCCCCC. The Morgan fingerprint density at radius 2 is 0.642 bits per heavy atom. The van der Waals surface area contributed by atoms with E-state index in [0.717, 1.165) is 109 Å². The molecule has 1 radical (unpaired) electrons. The molecule has 0 aromatic rings. The van der Waals surface area contributed by atoms with Crippen LogP contribution in [0.4, 0.5) is 0 Å². The summed E-state index contributed by atoms with van der Waals surface area (Å²) in [5, 5.41) is 0. The van der Waals surface area contributed by atoms with E-state index in [9.17, 15) is 9.59 Å². The van der Waals surface area contributed by atoms with Gasteiger partial charge in [0.15, 0.2) is 0 Å². The number of carbonyl (C=O) groups excluding carboxylic acids is 2. The van der Waals surface area contributed by atoms with Crippen LogP contribution in [0.25, 0.3) is 0 Å². The maximum atomic E-state index is 12.8. The minimum Gasteiger partial charge on any atom is -0.462 e. The Morgan fingerprint density at radius 1 is 0.328 bits per heavy atom. The summed E-state index contributed by atoms with van der Waals surface area (Å²) in [7, 11) is 0. The van der Waals surface area contributed by atoms with Gasteiger partial charge in [-0.15, -0.1) is 0 Å². The molecule has 0 aromatic heterocycles. The van der Waals surface area contributed by atoms with Crippen molar-refractivity contribution in [1.82, 2.24) is 0 Å². The average molecular weight is 957 g/mol. The predicted molar refractivity (Wildman–Crippen MR) is 278 cm³/mol. The third-order valence-corrected chi connectivity index (χ3v) is 12.5. The highest BCUT2D eigenvalue weighted by Gasteiger charge is 2.16. The van der Waals surface area contributed by atoms with Crippen LogP contribution in [-0.2, 0) is 47.5 Å². The van der Waals surface area contributed by atoms with Crippen LogP contribution in [0.5, 0.6) is 0 Å². The zero-order valence-corrected chi connectivity index (χ0v) is 44.8. The molecule has 0 rings (SSSR count). The third kappa shape index (κ3) is 50.9. The number of carbonyl (C=O) groups is 2. The van der Waals surface area contributed by atoms with Crippen LogP contribution in [0.1, 0.15) is 259 Å². The predicted octanol–water partition coefficient (Wildman–Crippen LogP) is 15.2. The lowest BCUT2D eigenvalue weighted by atomic mass is 10.0. The number of unbranched alkanes of at least 4 members (excludes halogenated alkanes) is 24. The molecule has 0 amide bonds. The first-order valence-corrected chi connectivity index (χ1v) is 28.7. The highest BCUT2D eigenvalue weighted by atomic mass is 16.6. The average Bonchev–Trinajstić information content (AvgIpc) is 3.32. The second kappa shape index (κ2) is 55.6. The van der Waals surface area contributed by atoms with E-state index >= 15 is 0 Å². The molecule has 67 heavy (non-hydrogen) atoms. The van der Waals surface area contributed by atoms with Crippen molar-refractivity contribution in [3.63, 3.8) is 0 Å². The molecule has 0 aromatic carbocycles. The van der Waals surface area contributed by atoms with Gasteiger partial charge in [0.1, 0.15) is 18.3 Å². The largest absolute Gasteiger partial charge is 0.462 e. The van der Waals surface area contributed by atoms with E-state index in [1.807, 2.05) is 0 Å². The number of hydrogen-bond donors (Lipinski definition) is 0. The van der Waals surface area contributed by atoms with E-state index in [1.165, 1.54) is 109 Å². The molecular weight excluding hydrogens is 845 g/mol. The Kier molecular flexibility index (Phi) is 54.5. The zero-order chi connectivity index (χ0) is 48.8. The van der Waals surface area contributed by atoms with Gasteiger partial charge in [-0.3, -0.25) is 9.59 Å². The Morgan fingerprint density at radius 3 is 1.06 bits per heavy atom. The van der Waals surface area contributed by atoms with Gasteiger partial charge in [-0.2, -0.15) is 0 Å². The van der Waals surface area contributed by atoms with Gasteiger partial charge in [-0.1, -0.05) is 169 Å². The molecule has 3 atom stereocenters. The molecule has 399 valence electrons. The van der Waals surface area contributed by atoms with Gasteiger partial charge in [0.25, 0.3) is 0 Å². The Labute approximate surface area is 414 Å². The van der Waals surface area contributed by atoms with E-state index in [-0.39, 0.29) is 30.3 Å². The summed E-state index contributed by atoms with van der Waals surface area (Å²) in [6.07, 6.45) is 40.2. The molecule has 0 aliphatic carbocycles. The van der Waals surface area contributed by atoms with Crippen LogP contribution in [0, 0.1) is 6.92 Å². The lowest BCUT2D eigenvalue weighted by molar-refractivity contribution is -0.151. The smallest absolute Gasteiger partial charge is 0.306 e. The van der Waals surface area contributed by atoms with E-state index < -0.39 is 0 Å². The van der Waals surface area contributed by atoms with Crippen molar-refractivity contribution in [2.24, 2.45) is 0 Å². The van der Waals surface area contributed by atoms with E-state index in [2.05, 4.69) is 34.6 Å². The third-order valence-electron chi connectivity index (χ3n) is 12.5. The molecule has 10 heteroatoms. The van der Waals surface area contributed by atoms with Gasteiger partial charge in [0.05, 0.1) is 52.9 Å². The second-order valence-electron chi connectivity index (χ2n) is 19.1. The monoisotopic (exact) mass is 956 g/mol. The lowest BCUT2D eigenvalue weighted by Gasteiger charge is -2.19. The van der Waals surface area contributed by atoms with Crippen molar-refractivity contribution in [3.8, 4) is 0 Å². The first kappa shape index (κ1) is 65.7. The number of hydrogen-bond acceptors (Lipinski definition) is 10. The van der Waals surface area contributed by atoms with Crippen molar-refractivity contribution in [1.29, 1.82) is 0 Å². The summed E-state index contributed by atoms with van der Waals surface area (Å²) in [5.41, 5.74) is 0. The van der Waals surface area contributed by atoms with E-state index in [1.54, 1.807) is 0 Å². The molecule has 10 nitrogen and oxygen atoms in total. The van der Waals surface area contributed by atoms with Gasteiger partial charge in [0, 0.05) is 32.7 Å². The highest BCUT2D eigenvalue weighted by molar-refractivity contribution is 5.69. The highest BCUT2D eigenvalue weighted by Crippen LogP contribution is 2.20. The van der Waals surface area contributed by atoms with Crippen LogP contribution in [0.2, 0.25) is 0 Å². The van der Waals surface area contributed by atoms with E-state index in [4.69, 9.17) is 37.9 Å². The Balaban J connectivity index is 4.51. The van der Waals surface area contributed by atoms with Crippen molar-refractivity contribution in [2.45, 2.75) is 277 Å². The maximum Gasteiger partial charge on any atom is 0.306 e. The molecule has 0 saturated carbocycles. The summed E-state index contributed by atoms with van der Waals surface area (Å²) >= 11 is 0. The molecule has 0 bridgehead atoms. The fourth-order valence-corrected chi connectivity index (χ4v) is 8.31. The molecule has 3 unspecified atom stereocenters. The van der Waals surface area contributed by atoms with Gasteiger partial charge in [-0.05, 0) is 84.0 Å². The Hall–Kier alpha value is -1.30. The first-order valence-electron chi connectivity index (χ1n) is 28.7. The molecule has 0 aliphatic rings. The molecule has 0 aliphatic heterocycles. The minimum absolute atomic E-state index is 0.0114. The van der Waals surface area contributed by atoms with Crippen LogP contribution < -0.4 is 0 Å². The molecule has 0 N–H and O–H groups in total. The van der Waals surface area contributed by atoms with Crippen molar-refractivity contribution in [3.05, 3.63) is 6.92 Å². The quantitative estimate of drug-likeness (QED) is 0.0432. The van der Waals surface area contributed by atoms with Crippen LogP contribution in [0.15, 0.2) is 0 Å². The topological polar surface area (TPSA) is 108 Å². The van der Waals surface area contributed by atoms with Gasteiger partial charge >= 0.3 is 11.9 Å². The summed E-state index contributed by atoms with van der Waals surface area (Å²) in [5.74, 6) is -0.0259. The lowest BCUT2D eigenvalue weighted by Crippen LogP contribution is -2.27. The van der Waals surface area contributed by atoms with Crippen molar-refractivity contribution >= 4 is 11.9 Å².